The Morgan fingerprint density at radius 1 is 1.24 bits per heavy atom. The van der Waals surface area contributed by atoms with Gasteiger partial charge in [0.15, 0.2) is 6.61 Å². The van der Waals surface area contributed by atoms with E-state index in [2.05, 4.69) is 33.7 Å². The van der Waals surface area contributed by atoms with Crippen LogP contribution in [0, 0.1) is 6.92 Å². The molecule has 1 heterocycles. The molecule has 0 spiro atoms. The third kappa shape index (κ3) is 5.17. The van der Waals surface area contributed by atoms with Crippen LogP contribution in [0.4, 0.5) is 0 Å². The first-order valence-corrected chi connectivity index (χ1v) is 10.7. The summed E-state index contributed by atoms with van der Waals surface area (Å²) in [6.45, 7) is 2.20. The van der Waals surface area contributed by atoms with E-state index in [-0.39, 0.29) is 24.3 Å². The van der Waals surface area contributed by atoms with Crippen LogP contribution in [-0.2, 0) is 17.8 Å². The standard InChI is InChI=1S/C22H23N3O3S/c1-15-6-4-9-17(12-15)27-13-21-24-25-22(28-21)29-14-20(26)23-19-11-5-8-16-7-2-3-10-18(16)19/h2-4,6-7,9-10,12,19H,5,8,11,13-14H2,1H3,(H,23,26)/t19-/m0/s1. The molecular formula is C22H23N3O3S. The van der Waals surface area contributed by atoms with Gasteiger partial charge < -0.3 is 14.5 Å². The number of benzene rings is 2. The molecule has 0 saturated carbocycles. The van der Waals surface area contributed by atoms with E-state index >= 15 is 0 Å². The van der Waals surface area contributed by atoms with Gasteiger partial charge in [0, 0.05) is 0 Å². The summed E-state index contributed by atoms with van der Waals surface area (Å²) in [5.74, 6) is 1.34. The molecule has 29 heavy (non-hydrogen) atoms. The molecule has 0 bridgehead atoms. The van der Waals surface area contributed by atoms with Crippen molar-refractivity contribution in [3.8, 4) is 5.75 Å². The molecule has 150 valence electrons. The SMILES string of the molecule is Cc1cccc(OCc2nnc(SCC(=O)N[C@H]3CCCc4ccccc43)o2)c1. The normalized spacial score (nSPS) is 15.6. The Kier molecular flexibility index (Phi) is 6.14. The van der Waals surface area contributed by atoms with E-state index in [1.54, 1.807) is 0 Å². The van der Waals surface area contributed by atoms with Gasteiger partial charge in [0.05, 0.1) is 11.8 Å². The third-order valence-electron chi connectivity index (χ3n) is 4.83. The fraction of sp³-hybridized carbons (Fsp3) is 0.318. The molecule has 1 atom stereocenters. The van der Waals surface area contributed by atoms with Crippen molar-refractivity contribution in [3.63, 3.8) is 0 Å². The van der Waals surface area contributed by atoms with Crippen LogP contribution in [0.1, 0.15) is 41.5 Å². The van der Waals surface area contributed by atoms with Gasteiger partial charge in [-0.2, -0.15) is 0 Å². The summed E-state index contributed by atoms with van der Waals surface area (Å²) in [6.07, 6.45) is 3.13. The van der Waals surface area contributed by atoms with Crippen molar-refractivity contribution in [1.82, 2.24) is 15.5 Å². The van der Waals surface area contributed by atoms with E-state index in [4.69, 9.17) is 9.15 Å². The van der Waals surface area contributed by atoms with Crippen LogP contribution in [0.5, 0.6) is 5.75 Å². The van der Waals surface area contributed by atoms with Crippen LogP contribution in [0.2, 0.25) is 0 Å². The molecule has 1 aliphatic rings. The highest BCUT2D eigenvalue weighted by molar-refractivity contribution is 7.99. The van der Waals surface area contributed by atoms with Crippen LogP contribution in [-0.4, -0.2) is 21.9 Å². The molecular weight excluding hydrogens is 386 g/mol. The number of rotatable bonds is 7. The molecule has 6 nitrogen and oxygen atoms in total. The number of fused-ring (bicyclic) bond motifs is 1. The second-order valence-corrected chi connectivity index (χ2v) is 7.99. The number of aromatic nitrogens is 2. The topological polar surface area (TPSA) is 77.2 Å². The molecule has 1 amide bonds. The Morgan fingerprint density at radius 3 is 3.03 bits per heavy atom. The lowest BCUT2D eigenvalue weighted by Gasteiger charge is -2.26. The Labute approximate surface area is 174 Å². The van der Waals surface area contributed by atoms with Crippen molar-refractivity contribution < 1.29 is 13.9 Å². The molecule has 3 aromatic rings. The zero-order chi connectivity index (χ0) is 20.1. The van der Waals surface area contributed by atoms with Gasteiger partial charge in [-0.05, 0) is 55.0 Å². The summed E-state index contributed by atoms with van der Waals surface area (Å²) in [7, 11) is 0. The zero-order valence-corrected chi connectivity index (χ0v) is 17.1. The Hall–Kier alpha value is -2.80. The van der Waals surface area contributed by atoms with Gasteiger partial charge in [-0.15, -0.1) is 10.2 Å². The number of thioether (sulfide) groups is 1. The fourth-order valence-electron chi connectivity index (χ4n) is 3.47. The second-order valence-electron chi connectivity index (χ2n) is 7.07. The van der Waals surface area contributed by atoms with Crippen molar-refractivity contribution in [2.45, 2.75) is 44.1 Å². The van der Waals surface area contributed by atoms with E-state index in [0.717, 1.165) is 30.6 Å². The van der Waals surface area contributed by atoms with Crippen molar-refractivity contribution in [2.75, 3.05) is 5.75 Å². The van der Waals surface area contributed by atoms with Gasteiger partial charge in [-0.25, -0.2) is 0 Å². The Bertz CT molecular complexity index is 989. The van der Waals surface area contributed by atoms with E-state index in [9.17, 15) is 4.79 Å². The van der Waals surface area contributed by atoms with Crippen LogP contribution in [0.25, 0.3) is 0 Å². The monoisotopic (exact) mass is 409 g/mol. The van der Waals surface area contributed by atoms with Gasteiger partial charge in [-0.1, -0.05) is 48.2 Å². The van der Waals surface area contributed by atoms with Gasteiger partial charge in [0.1, 0.15) is 5.75 Å². The molecule has 1 aromatic heterocycles. The lowest BCUT2D eigenvalue weighted by atomic mass is 9.88. The van der Waals surface area contributed by atoms with Crippen molar-refractivity contribution >= 4 is 17.7 Å². The second kappa shape index (κ2) is 9.13. The average molecular weight is 410 g/mol. The minimum absolute atomic E-state index is 0.0348. The maximum Gasteiger partial charge on any atom is 0.277 e. The predicted molar refractivity (Wildman–Crippen MR) is 111 cm³/mol. The third-order valence-corrected chi connectivity index (χ3v) is 5.65. The number of hydrogen-bond acceptors (Lipinski definition) is 6. The van der Waals surface area contributed by atoms with E-state index in [0.29, 0.717) is 11.1 Å². The summed E-state index contributed by atoms with van der Waals surface area (Å²) >= 11 is 1.24. The van der Waals surface area contributed by atoms with Gasteiger partial charge in [0.2, 0.25) is 5.91 Å². The summed E-state index contributed by atoms with van der Waals surface area (Å²) in [4.78, 5) is 12.4. The summed E-state index contributed by atoms with van der Waals surface area (Å²) < 4.78 is 11.2. The zero-order valence-electron chi connectivity index (χ0n) is 16.3. The molecule has 0 radical (unpaired) electrons. The number of nitrogens with zero attached hydrogens (tertiary/aromatic N) is 2. The summed E-state index contributed by atoms with van der Waals surface area (Å²) in [5, 5.41) is 11.5. The minimum Gasteiger partial charge on any atom is -0.484 e. The smallest absolute Gasteiger partial charge is 0.277 e. The summed E-state index contributed by atoms with van der Waals surface area (Å²) in [6, 6.07) is 16.2. The largest absolute Gasteiger partial charge is 0.484 e. The first kappa shape index (κ1) is 19.5. The molecule has 0 saturated heterocycles. The number of carbonyl (C=O) groups excluding carboxylic acids is 1. The first-order chi connectivity index (χ1) is 14.2. The molecule has 2 aromatic carbocycles. The van der Waals surface area contributed by atoms with E-state index in [1.807, 2.05) is 37.3 Å². The molecule has 1 N–H and O–H groups in total. The average Bonchev–Trinajstić information content (AvgIpc) is 3.19. The molecule has 1 aliphatic carbocycles. The van der Waals surface area contributed by atoms with Crippen LogP contribution >= 0.6 is 11.8 Å². The molecule has 0 unspecified atom stereocenters. The minimum atomic E-state index is -0.0348. The highest BCUT2D eigenvalue weighted by Gasteiger charge is 2.21. The first-order valence-electron chi connectivity index (χ1n) is 9.69. The van der Waals surface area contributed by atoms with Crippen molar-refractivity contribution in [1.29, 1.82) is 0 Å². The Balaban J connectivity index is 1.26. The highest BCUT2D eigenvalue weighted by Crippen LogP contribution is 2.29. The molecule has 0 fully saturated rings. The molecule has 7 heteroatoms. The quantitative estimate of drug-likeness (QED) is 0.588. The number of nitrogens with one attached hydrogen (secondary N) is 1. The maximum absolute atomic E-state index is 12.4. The summed E-state index contributed by atoms with van der Waals surface area (Å²) in [5.41, 5.74) is 3.67. The lowest BCUT2D eigenvalue weighted by molar-refractivity contribution is -0.119. The number of ether oxygens (including phenoxy) is 1. The number of amides is 1. The van der Waals surface area contributed by atoms with Crippen molar-refractivity contribution in [3.05, 3.63) is 71.1 Å². The number of aryl methyl sites for hydroxylation is 2. The van der Waals surface area contributed by atoms with E-state index in [1.165, 1.54) is 22.9 Å². The van der Waals surface area contributed by atoms with Crippen molar-refractivity contribution in [2.24, 2.45) is 0 Å². The van der Waals surface area contributed by atoms with E-state index < -0.39 is 0 Å². The predicted octanol–water partition coefficient (Wildman–Crippen LogP) is 4.24. The van der Waals surface area contributed by atoms with Crippen LogP contribution in [0.15, 0.2) is 58.2 Å². The molecule has 0 aliphatic heterocycles. The Morgan fingerprint density at radius 2 is 2.14 bits per heavy atom. The van der Waals surface area contributed by atoms with Gasteiger partial charge in [-0.3, -0.25) is 4.79 Å². The van der Waals surface area contributed by atoms with Crippen LogP contribution < -0.4 is 10.1 Å². The van der Waals surface area contributed by atoms with Gasteiger partial charge >= 0.3 is 0 Å². The van der Waals surface area contributed by atoms with Crippen LogP contribution in [0.3, 0.4) is 0 Å². The molecule has 4 rings (SSSR count). The highest BCUT2D eigenvalue weighted by atomic mass is 32.2. The number of carbonyl (C=O) groups is 1. The fourth-order valence-corrected chi connectivity index (χ4v) is 4.06. The number of hydrogen-bond donors (Lipinski definition) is 1. The maximum atomic E-state index is 12.4. The lowest BCUT2D eigenvalue weighted by Crippen LogP contribution is -2.32. The van der Waals surface area contributed by atoms with Gasteiger partial charge in [0.25, 0.3) is 11.1 Å².